The quantitative estimate of drug-likeness (QED) is 0.797. The molecule has 2 rings (SSSR count). The van der Waals surface area contributed by atoms with E-state index >= 15 is 0 Å². The van der Waals surface area contributed by atoms with E-state index in [-0.39, 0.29) is 0 Å². The average molecular weight is 225 g/mol. The zero-order chi connectivity index (χ0) is 11.6. The first-order chi connectivity index (χ1) is 7.57. The summed E-state index contributed by atoms with van der Waals surface area (Å²) in [4.78, 5) is 0. The van der Waals surface area contributed by atoms with Crippen LogP contribution in [0.1, 0.15) is 52.9 Å². The summed E-state index contributed by atoms with van der Waals surface area (Å²) in [5.74, 6) is 0.810. The molecule has 2 fully saturated rings. The van der Waals surface area contributed by atoms with E-state index < -0.39 is 0 Å². The summed E-state index contributed by atoms with van der Waals surface area (Å²) >= 11 is 0. The Morgan fingerprint density at radius 2 is 2.12 bits per heavy atom. The largest absolute Gasteiger partial charge is 0.377 e. The van der Waals surface area contributed by atoms with Gasteiger partial charge in [-0.3, -0.25) is 0 Å². The van der Waals surface area contributed by atoms with Gasteiger partial charge in [0.2, 0.25) is 0 Å². The van der Waals surface area contributed by atoms with E-state index in [0.29, 0.717) is 11.5 Å². The molecule has 3 unspecified atom stereocenters. The second-order valence-corrected chi connectivity index (χ2v) is 6.53. The molecule has 0 radical (unpaired) electrons. The molecular weight excluding hydrogens is 198 g/mol. The van der Waals surface area contributed by atoms with Crippen LogP contribution in [0, 0.1) is 11.3 Å². The van der Waals surface area contributed by atoms with Gasteiger partial charge in [0.15, 0.2) is 0 Å². The van der Waals surface area contributed by atoms with Crippen molar-refractivity contribution in [2.24, 2.45) is 11.3 Å². The molecule has 0 aromatic rings. The third kappa shape index (κ3) is 3.21. The number of hydrogen-bond donors (Lipinski definition) is 1. The summed E-state index contributed by atoms with van der Waals surface area (Å²) in [5, 5.41) is 3.73. The van der Waals surface area contributed by atoms with Gasteiger partial charge < -0.3 is 10.1 Å². The van der Waals surface area contributed by atoms with Crippen molar-refractivity contribution < 1.29 is 4.74 Å². The fourth-order valence-electron chi connectivity index (χ4n) is 3.34. The first-order valence-corrected chi connectivity index (χ1v) is 6.92. The van der Waals surface area contributed by atoms with Crippen LogP contribution in [-0.4, -0.2) is 25.3 Å². The third-order valence-electron chi connectivity index (χ3n) is 4.33. The van der Waals surface area contributed by atoms with Crippen LogP contribution in [0.2, 0.25) is 0 Å². The molecule has 0 amide bonds. The summed E-state index contributed by atoms with van der Waals surface area (Å²) in [6, 6.07) is 0.720. The lowest BCUT2D eigenvalue weighted by molar-refractivity contribution is 0.0929. The summed E-state index contributed by atoms with van der Waals surface area (Å²) in [6.45, 7) is 9.24. The Labute approximate surface area is 100 Å². The van der Waals surface area contributed by atoms with Gasteiger partial charge in [0, 0.05) is 19.2 Å². The van der Waals surface area contributed by atoms with E-state index in [1.807, 2.05) is 0 Å². The lowest BCUT2D eigenvalue weighted by atomic mass is 9.70. The Kier molecular flexibility index (Phi) is 3.91. The van der Waals surface area contributed by atoms with E-state index in [9.17, 15) is 0 Å². The highest BCUT2D eigenvalue weighted by Gasteiger charge is 2.32. The minimum atomic E-state index is 0.488. The van der Waals surface area contributed by atoms with Crippen molar-refractivity contribution in [3.05, 3.63) is 0 Å². The molecular formula is C14H27NO. The third-order valence-corrected chi connectivity index (χ3v) is 4.33. The second kappa shape index (κ2) is 5.05. The van der Waals surface area contributed by atoms with Crippen molar-refractivity contribution in [3.8, 4) is 0 Å². The Morgan fingerprint density at radius 3 is 2.75 bits per heavy atom. The lowest BCUT2D eigenvalue weighted by Crippen LogP contribution is -2.44. The maximum atomic E-state index is 5.66. The molecule has 16 heavy (non-hydrogen) atoms. The summed E-state index contributed by atoms with van der Waals surface area (Å²) in [6.07, 6.45) is 7.04. The van der Waals surface area contributed by atoms with E-state index in [2.05, 4.69) is 26.1 Å². The normalized spacial score (nSPS) is 38.8. The average Bonchev–Trinajstić information content (AvgIpc) is 2.68. The SMILES string of the molecule is CC1CC(C)(C)CCC1NCC1CCCO1. The van der Waals surface area contributed by atoms with Crippen LogP contribution in [0.3, 0.4) is 0 Å². The van der Waals surface area contributed by atoms with Crippen molar-refractivity contribution in [2.45, 2.75) is 65.0 Å². The molecule has 0 aromatic carbocycles. The molecule has 1 saturated heterocycles. The topological polar surface area (TPSA) is 21.3 Å². The molecule has 2 heteroatoms. The predicted octanol–water partition coefficient (Wildman–Crippen LogP) is 2.97. The Hall–Kier alpha value is -0.0800. The van der Waals surface area contributed by atoms with Crippen molar-refractivity contribution in [1.29, 1.82) is 0 Å². The highest BCUT2D eigenvalue weighted by atomic mass is 16.5. The van der Waals surface area contributed by atoms with E-state index in [1.165, 1.54) is 32.1 Å². The monoisotopic (exact) mass is 225 g/mol. The van der Waals surface area contributed by atoms with Gasteiger partial charge in [-0.1, -0.05) is 20.8 Å². The minimum absolute atomic E-state index is 0.488. The predicted molar refractivity (Wildman–Crippen MR) is 67.6 cm³/mol. The molecule has 3 atom stereocenters. The van der Waals surface area contributed by atoms with Gasteiger partial charge in [-0.2, -0.15) is 0 Å². The molecule has 0 bridgehead atoms. The van der Waals surface area contributed by atoms with Gasteiger partial charge in [0.05, 0.1) is 6.10 Å². The highest BCUT2D eigenvalue weighted by molar-refractivity contribution is 4.87. The smallest absolute Gasteiger partial charge is 0.0700 e. The molecule has 2 nitrogen and oxygen atoms in total. The molecule has 0 spiro atoms. The van der Waals surface area contributed by atoms with Gasteiger partial charge in [0.1, 0.15) is 0 Å². The van der Waals surface area contributed by atoms with Crippen LogP contribution in [0.5, 0.6) is 0 Å². The van der Waals surface area contributed by atoms with Crippen LogP contribution in [-0.2, 0) is 4.74 Å². The molecule has 1 saturated carbocycles. The van der Waals surface area contributed by atoms with Crippen LogP contribution in [0.4, 0.5) is 0 Å². The van der Waals surface area contributed by atoms with E-state index in [0.717, 1.165) is 25.1 Å². The number of nitrogens with one attached hydrogen (secondary N) is 1. The van der Waals surface area contributed by atoms with Gasteiger partial charge >= 0.3 is 0 Å². The fraction of sp³-hybridized carbons (Fsp3) is 1.00. The molecule has 2 aliphatic rings. The molecule has 1 N–H and O–H groups in total. The standard InChI is InChI=1S/C14H27NO/c1-11-9-14(2,3)7-6-13(11)15-10-12-5-4-8-16-12/h11-13,15H,4-10H2,1-3H3. The Balaban J connectivity index is 1.73. The number of ether oxygens (including phenoxy) is 1. The number of rotatable bonds is 3. The molecule has 1 aliphatic heterocycles. The zero-order valence-corrected chi connectivity index (χ0v) is 11.1. The number of hydrogen-bond acceptors (Lipinski definition) is 2. The van der Waals surface area contributed by atoms with Crippen molar-refractivity contribution >= 4 is 0 Å². The van der Waals surface area contributed by atoms with Crippen LogP contribution >= 0.6 is 0 Å². The summed E-state index contributed by atoms with van der Waals surface area (Å²) in [7, 11) is 0. The van der Waals surface area contributed by atoms with Gasteiger partial charge in [-0.25, -0.2) is 0 Å². The molecule has 0 aromatic heterocycles. The summed E-state index contributed by atoms with van der Waals surface area (Å²) in [5.41, 5.74) is 0.557. The Morgan fingerprint density at radius 1 is 1.31 bits per heavy atom. The lowest BCUT2D eigenvalue weighted by Gasteiger charge is -2.40. The maximum Gasteiger partial charge on any atom is 0.0700 e. The van der Waals surface area contributed by atoms with Gasteiger partial charge in [-0.05, 0) is 43.4 Å². The van der Waals surface area contributed by atoms with Crippen LogP contribution in [0.25, 0.3) is 0 Å². The second-order valence-electron chi connectivity index (χ2n) is 6.53. The first-order valence-electron chi connectivity index (χ1n) is 6.92. The summed E-state index contributed by atoms with van der Waals surface area (Å²) < 4.78 is 5.66. The van der Waals surface area contributed by atoms with E-state index in [1.54, 1.807) is 0 Å². The maximum absolute atomic E-state index is 5.66. The minimum Gasteiger partial charge on any atom is -0.377 e. The van der Waals surface area contributed by atoms with Crippen molar-refractivity contribution in [3.63, 3.8) is 0 Å². The highest BCUT2D eigenvalue weighted by Crippen LogP contribution is 2.38. The first kappa shape index (κ1) is 12.4. The zero-order valence-electron chi connectivity index (χ0n) is 11.1. The van der Waals surface area contributed by atoms with Crippen molar-refractivity contribution in [1.82, 2.24) is 5.32 Å². The van der Waals surface area contributed by atoms with Gasteiger partial charge in [0.25, 0.3) is 0 Å². The van der Waals surface area contributed by atoms with Crippen LogP contribution < -0.4 is 5.32 Å². The molecule has 1 heterocycles. The van der Waals surface area contributed by atoms with E-state index in [4.69, 9.17) is 4.74 Å². The van der Waals surface area contributed by atoms with Gasteiger partial charge in [-0.15, -0.1) is 0 Å². The molecule has 94 valence electrons. The molecule has 1 aliphatic carbocycles. The Bertz CT molecular complexity index is 221. The van der Waals surface area contributed by atoms with Crippen LogP contribution in [0.15, 0.2) is 0 Å². The van der Waals surface area contributed by atoms with Crippen molar-refractivity contribution in [2.75, 3.05) is 13.2 Å². The fourth-order valence-corrected chi connectivity index (χ4v) is 3.34.